The van der Waals surface area contributed by atoms with Gasteiger partial charge >= 0.3 is 0 Å². The number of halogens is 1. The van der Waals surface area contributed by atoms with Crippen molar-refractivity contribution in [2.24, 2.45) is 0 Å². The molecule has 1 aromatic rings. The Kier molecular flexibility index (Phi) is 3.89. The van der Waals surface area contributed by atoms with Crippen molar-refractivity contribution in [2.75, 3.05) is 31.1 Å². The molecule has 1 aromatic heterocycles. The minimum absolute atomic E-state index is 0.459. The summed E-state index contributed by atoms with van der Waals surface area (Å²) in [5, 5.41) is 0. The molecule has 0 aromatic carbocycles. The zero-order valence-corrected chi connectivity index (χ0v) is 10.4. The first-order valence-corrected chi connectivity index (χ1v) is 6.17. The highest BCUT2D eigenvalue weighted by molar-refractivity contribution is 5.37. The molecule has 4 nitrogen and oxygen atoms in total. The van der Waals surface area contributed by atoms with Crippen LogP contribution >= 0.6 is 0 Å². The van der Waals surface area contributed by atoms with Gasteiger partial charge < -0.3 is 4.90 Å². The van der Waals surface area contributed by atoms with E-state index >= 15 is 0 Å². The number of hydrogen-bond donors (Lipinski definition) is 0. The summed E-state index contributed by atoms with van der Waals surface area (Å²) in [6, 6.07) is 2.03. The lowest BCUT2D eigenvalue weighted by Gasteiger charge is -2.38. The SMILES string of the molecule is CCC(C)N1CCN(c2cc(F)ncn2)CC1. The highest BCUT2D eigenvalue weighted by atomic mass is 19.1. The number of aromatic nitrogens is 2. The van der Waals surface area contributed by atoms with Crippen molar-refractivity contribution >= 4 is 5.82 Å². The molecule has 0 saturated carbocycles. The fraction of sp³-hybridized carbons (Fsp3) is 0.667. The Balaban J connectivity index is 1.95. The van der Waals surface area contributed by atoms with E-state index in [4.69, 9.17) is 0 Å². The molecule has 1 unspecified atom stereocenters. The van der Waals surface area contributed by atoms with E-state index < -0.39 is 5.95 Å². The second-order valence-corrected chi connectivity index (χ2v) is 4.48. The van der Waals surface area contributed by atoms with E-state index in [1.54, 1.807) is 0 Å². The van der Waals surface area contributed by atoms with Gasteiger partial charge in [-0.05, 0) is 13.3 Å². The lowest BCUT2D eigenvalue weighted by Crippen LogP contribution is -2.49. The molecular weight excluding hydrogens is 219 g/mol. The predicted molar refractivity (Wildman–Crippen MR) is 65.5 cm³/mol. The third-order valence-electron chi connectivity index (χ3n) is 3.47. The monoisotopic (exact) mass is 238 g/mol. The van der Waals surface area contributed by atoms with E-state index in [2.05, 4.69) is 33.6 Å². The maximum atomic E-state index is 13.0. The van der Waals surface area contributed by atoms with Gasteiger partial charge in [0, 0.05) is 38.3 Å². The first-order chi connectivity index (χ1) is 8.20. The minimum atomic E-state index is -0.459. The summed E-state index contributed by atoms with van der Waals surface area (Å²) < 4.78 is 13.0. The molecular formula is C12H19FN4. The van der Waals surface area contributed by atoms with Crippen LogP contribution in [0.15, 0.2) is 12.4 Å². The quantitative estimate of drug-likeness (QED) is 0.748. The van der Waals surface area contributed by atoms with E-state index in [1.165, 1.54) is 18.8 Å². The van der Waals surface area contributed by atoms with E-state index in [0.717, 1.165) is 26.2 Å². The van der Waals surface area contributed by atoms with E-state index in [9.17, 15) is 4.39 Å². The van der Waals surface area contributed by atoms with E-state index in [1.807, 2.05) is 0 Å². The topological polar surface area (TPSA) is 32.3 Å². The van der Waals surface area contributed by atoms with Crippen molar-refractivity contribution in [3.8, 4) is 0 Å². The largest absolute Gasteiger partial charge is 0.354 e. The Labute approximate surface area is 101 Å². The van der Waals surface area contributed by atoms with Crippen LogP contribution < -0.4 is 4.90 Å². The highest BCUT2D eigenvalue weighted by Crippen LogP contribution is 2.15. The van der Waals surface area contributed by atoms with Crippen molar-refractivity contribution in [3.63, 3.8) is 0 Å². The third kappa shape index (κ3) is 2.91. The van der Waals surface area contributed by atoms with Gasteiger partial charge in [-0.1, -0.05) is 6.92 Å². The van der Waals surface area contributed by atoms with Gasteiger partial charge in [-0.25, -0.2) is 9.97 Å². The summed E-state index contributed by atoms with van der Waals surface area (Å²) in [5.41, 5.74) is 0. The second-order valence-electron chi connectivity index (χ2n) is 4.48. The molecule has 2 heterocycles. The van der Waals surface area contributed by atoms with Crippen LogP contribution in [0.25, 0.3) is 0 Å². The average Bonchev–Trinajstić information content (AvgIpc) is 2.38. The van der Waals surface area contributed by atoms with Crippen LogP contribution in [0.5, 0.6) is 0 Å². The van der Waals surface area contributed by atoms with Gasteiger partial charge in [0.25, 0.3) is 0 Å². The Bertz CT molecular complexity index is 363. The van der Waals surface area contributed by atoms with Crippen molar-refractivity contribution < 1.29 is 4.39 Å². The number of hydrogen-bond acceptors (Lipinski definition) is 4. The molecule has 1 aliphatic rings. The third-order valence-corrected chi connectivity index (χ3v) is 3.47. The first-order valence-electron chi connectivity index (χ1n) is 6.17. The van der Waals surface area contributed by atoms with Crippen LogP contribution in [0, 0.1) is 5.95 Å². The molecule has 0 spiro atoms. The Morgan fingerprint density at radius 1 is 1.29 bits per heavy atom. The molecule has 0 aliphatic carbocycles. The molecule has 0 bridgehead atoms. The number of nitrogens with zero attached hydrogens (tertiary/aromatic N) is 4. The summed E-state index contributed by atoms with van der Waals surface area (Å²) in [4.78, 5) is 12.2. The Hall–Kier alpha value is -1.23. The van der Waals surface area contributed by atoms with Gasteiger partial charge in [-0.2, -0.15) is 4.39 Å². The average molecular weight is 238 g/mol. The van der Waals surface area contributed by atoms with Crippen molar-refractivity contribution in [1.82, 2.24) is 14.9 Å². The molecule has 17 heavy (non-hydrogen) atoms. The lowest BCUT2D eigenvalue weighted by molar-refractivity contribution is 0.192. The second kappa shape index (κ2) is 5.40. The Morgan fingerprint density at radius 2 is 2.00 bits per heavy atom. The Morgan fingerprint density at radius 3 is 2.59 bits per heavy atom. The van der Waals surface area contributed by atoms with Gasteiger partial charge in [-0.15, -0.1) is 0 Å². The maximum Gasteiger partial charge on any atom is 0.218 e. The maximum absolute atomic E-state index is 13.0. The summed E-state index contributed by atoms with van der Waals surface area (Å²) in [7, 11) is 0. The molecule has 1 fully saturated rings. The van der Waals surface area contributed by atoms with Crippen LogP contribution in [0.4, 0.5) is 10.2 Å². The van der Waals surface area contributed by atoms with Crippen molar-refractivity contribution in [3.05, 3.63) is 18.3 Å². The highest BCUT2D eigenvalue weighted by Gasteiger charge is 2.21. The zero-order chi connectivity index (χ0) is 12.3. The molecule has 94 valence electrons. The van der Waals surface area contributed by atoms with Crippen LogP contribution in [-0.2, 0) is 0 Å². The van der Waals surface area contributed by atoms with Crippen LogP contribution in [-0.4, -0.2) is 47.1 Å². The molecule has 1 atom stereocenters. The standard InChI is InChI=1S/C12H19FN4/c1-3-10(2)16-4-6-17(7-5-16)12-8-11(13)14-9-15-12/h8-10H,3-7H2,1-2H3. The van der Waals surface area contributed by atoms with Crippen LogP contribution in [0.3, 0.4) is 0 Å². The first kappa shape index (κ1) is 12.2. The van der Waals surface area contributed by atoms with Crippen LogP contribution in [0.1, 0.15) is 20.3 Å². The van der Waals surface area contributed by atoms with E-state index in [0.29, 0.717) is 11.9 Å². The van der Waals surface area contributed by atoms with Gasteiger partial charge in [0.1, 0.15) is 12.1 Å². The van der Waals surface area contributed by atoms with E-state index in [-0.39, 0.29) is 0 Å². The molecule has 0 amide bonds. The number of rotatable bonds is 3. The van der Waals surface area contributed by atoms with Gasteiger partial charge in [0.2, 0.25) is 5.95 Å². The lowest BCUT2D eigenvalue weighted by atomic mass is 10.2. The summed E-state index contributed by atoms with van der Waals surface area (Å²) >= 11 is 0. The van der Waals surface area contributed by atoms with Crippen molar-refractivity contribution in [2.45, 2.75) is 26.3 Å². The molecule has 0 radical (unpaired) electrons. The summed E-state index contributed by atoms with van der Waals surface area (Å²) in [5.74, 6) is 0.237. The van der Waals surface area contributed by atoms with Gasteiger partial charge in [0.15, 0.2) is 0 Å². The smallest absolute Gasteiger partial charge is 0.218 e. The normalized spacial score (nSPS) is 19.4. The number of anilines is 1. The molecule has 1 saturated heterocycles. The molecule has 2 rings (SSSR count). The van der Waals surface area contributed by atoms with Gasteiger partial charge in [0.05, 0.1) is 0 Å². The van der Waals surface area contributed by atoms with Crippen molar-refractivity contribution in [1.29, 1.82) is 0 Å². The molecule has 1 aliphatic heterocycles. The molecule has 0 N–H and O–H groups in total. The van der Waals surface area contributed by atoms with Gasteiger partial charge in [-0.3, -0.25) is 4.90 Å². The summed E-state index contributed by atoms with van der Waals surface area (Å²) in [6.07, 6.45) is 2.45. The zero-order valence-electron chi connectivity index (χ0n) is 10.4. The predicted octanol–water partition coefficient (Wildman–Crippen LogP) is 1.54. The fourth-order valence-corrected chi connectivity index (χ4v) is 2.15. The number of piperazine rings is 1. The molecule has 5 heteroatoms. The fourth-order valence-electron chi connectivity index (χ4n) is 2.15. The summed E-state index contributed by atoms with van der Waals surface area (Å²) in [6.45, 7) is 8.29. The minimum Gasteiger partial charge on any atom is -0.354 e. The van der Waals surface area contributed by atoms with Crippen LogP contribution in [0.2, 0.25) is 0 Å².